The van der Waals surface area contributed by atoms with Gasteiger partial charge in [-0.05, 0) is 71.4 Å². The second-order valence-electron chi connectivity index (χ2n) is 7.29. The van der Waals surface area contributed by atoms with E-state index in [1.165, 1.54) is 58.0 Å². The van der Waals surface area contributed by atoms with E-state index < -0.39 is 0 Å². The summed E-state index contributed by atoms with van der Waals surface area (Å²) in [5.41, 5.74) is -0.0176. The molecule has 0 radical (unpaired) electrons. The zero-order valence-corrected chi connectivity index (χ0v) is 15.6. The van der Waals surface area contributed by atoms with Crippen LogP contribution >= 0.6 is 0 Å². The number of nitriles is 1. The van der Waals surface area contributed by atoms with Crippen molar-refractivity contribution in [3.8, 4) is 6.07 Å². The molecule has 0 amide bonds. The topological polar surface area (TPSA) is 27.0 Å². The van der Waals surface area contributed by atoms with Crippen molar-refractivity contribution in [1.82, 2.24) is 4.90 Å². The minimum absolute atomic E-state index is 0.0176. The Morgan fingerprint density at radius 1 is 1.04 bits per heavy atom. The third kappa shape index (κ3) is 7.84. The first-order valence-electron chi connectivity index (χ1n) is 9.62. The van der Waals surface area contributed by atoms with Crippen LogP contribution in [0.4, 0.5) is 0 Å². The second-order valence-corrected chi connectivity index (χ2v) is 7.29. The van der Waals surface area contributed by atoms with Crippen molar-refractivity contribution in [1.29, 1.82) is 5.26 Å². The van der Waals surface area contributed by atoms with Gasteiger partial charge in [-0.1, -0.05) is 44.6 Å². The van der Waals surface area contributed by atoms with Crippen molar-refractivity contribution in [2.75, 3.05) is 13.1 Å². The SMILES string of the molecule is C1=CCCC=C1.CC1(C#N)CCC(N2CCCC2)CC1.CCC. The minimum atomic E-state index is -0.0176. The molecule has 0 bridgehead atoms. The van der Waals surface area contributed by atoms with Crippen LogP contribution in [-0.2, 0) is 0 Å². The predicted octanol–water partition coefficient (Wildman–Crippen LogP) is 5.86. The molecule has 2 nitrogen and oxygen atoms in total. The van der Waals surface area contributed by atoms with E-state index in [0.29, 0.717) is 0 Å². The third-order valence-electron chi connectivity index (χ3n) is 4.87. The van der Waals surface area contributed by atoms with Gasteiger partial charge in [-0.2, -0.15) is 5.26 Å². The van der Waals surface area contributed by atoms with E-state index in [4.69, 9.17) is 5.26 Å². The molecule has 23 heavy (non-hydrogen) atoms. The molecular weight excluding hydrogens is 280 g/mol. The van der Waals surface area contributed by atoms with Gasteiger partial charge in [0.2, 0.25) is 0 Å². The Morgan fingerprint density at radius 2 is 1.52 bits per heavy atom. The van der Waals surface area contributed by atoms with Gasteiger partial charge in [0.25, 0.3) is 0 Å². The summed E-state index contributed by atoms with van der Waals surface area (Å²) in [5, 5.41) is 9.04. The lowest BCUT2D eigenvalue weighted by molar-refractivity contribution is 0.145. The average molecular weight is 317 g/mol. The Labute approximate surface area is 144 Å². The zero-order valence-electron chi connectivity index (χ0n) is 15.6. The van der Waals surface area contributed by atoms with Gasteiger partial charge in [0.05, 0.1) is 11.5 Å². The fraction of sp³-hybridized carbons (Fsp3) is 0.762. The number of hydrogen-bond donors (Lipinski definition) is 0. The molecular formula is C21H36N2. The average Bonchev–Trinajstić information content (AvgIpc) is 3.13. The van der Waals surface area contributed by atoms with Crippen LogP contribution in [0, 0.1) is 16.7 Å². The molecule has 0 N–H and O–H groups in total. The Bertz CT molecular complexity index is 377. The highest BCUT2D eigenvalue weighted by Gasteiger charge is 2.33. The zero-order chi connectivity index (χ0) is 17.0. The fourth-order valence-electron chi connectivity index (χ4n) is 3.37. The normalized spacial score (nSPS) is 29.7. The summed E-state index contributed by atoms with van der Waals surface area (Å²) < 4.78 is 0. The lowest BCUT2D eigenvalue weighted by Gasteiger charge is -2.36. The van der Waals surface area contributed by atoms with Gasteiger partial charge in [-0.15, -0.1) is 0 Å². The molecule has 1 saturated heterocycles. The first-order chi connectivity index (χ1) is 11.1. The Hall–Kier alpha value is -1.07. The van der Waals surface area contributed by atoms with Crippen molar-refractivity contribution >= 4 is 0 Å². The molecule has 3 rings (SSSR count). The van der Waals surface area contributed by atoms with E-state index in [1.54, 1.807) is 0 Å². The number of hydrogen-bond acceptors (Lipinski definition) is 2. The van der Waals surface area contributed by atoms with Crippen LogP contribution in [0.5, 0.6) is 0 Å². The van der Waals surface area contributed by atoms with E-state index in [-0.39, 0.29) is 5.41 Å². The van der Waals surface area contributed by atoms with E-state index >= 15 is 0 Å². The molecule has 1 heterocycles. The maximum absolute atomic E-state index is 9.04. The maximum atomic E-state index is 9.04. The van der Waals surface area contributed by atoms with Crippen molar-refractivity contribution in [2.45, 2.75) is 84.6 Å². The van der Waals surface area contributed by atoms with Crippen molar-refractivity contribution in [2.24, 2.45) is 5.41 Å². The molecule has 0 aromatic heterocycles. The summed E-state index contributed by atoms with van der Waals surface area (Å²) in [7, 11) is 0. The third-order valence-corrected chi connectivity index (χ3v) is 4.87. The molecule has 1 saturated carbocycles. The predicted molar refractivity (Wildman–Crippen MR) is 100 cm³/mol. The molecule has 2 fully saturated rings. The molecule has 0 spiro atoms. The molecule has 3 aliphatic rings. The molecule has 0 aromatic carbocycles. The lowest BCUT2D eigenvalue weighted by Crippen LogP contribution is -2.38. The molecule has 1 aliphatic heterocycles. The van der Waals surface area contributed by atoms with Gasteiger partial charge in [0.1, 0.15) is 0 Å². The van der Waals surface area contributed by atoms with Gasteiger partial charge >= 0.3 is 0 Å². The van der Waals surface area contributed by atoms with Crippen LogP contribution in [-0.4, -0.2) is 24.0 Å². The first-order valence-corrected chi connectivity index (χ1v) is 9.62. The van der Waals surface area contributed by atoms with E-state index in [2.05, 4.69) is 56.0 Å². The number of likely N-dealkylation sites (tertiary alicyclic amines) is 1. The fourth-order valence-corrected chi connectivity index (χ4v) is 3.37. The highest BCUT2D eigenvalue weighted by atomic mass is 15.2. The van der Waals surface area contributed by atoms with Crippen molar-refractivity contribution < 1.29 is 0 Å². The van der Waals surface area contributed by atoms with Crippen LogP contribution < -0.4 is 0 Å². The molecule has 0 aromatic rings. The van der Waals surface area contributed by atoms with Gasteiger partial charge in [-0.25, -0.2) is 0 Å². The summed E-state index contributed by atoms with van der Waals surface area (Å²) in [6.45, 7) is 8.97. The second kappa shape index (κ2) is 11.5. The van der Waals surface area contributed by atoms with Crippen molar-refractivity contribution in [3.63, 3.8) is 0 Å². The number of nitrogens with zero attached hydrogens (tertiary/aromatic N) is 2. The monoisotopic (exact) mass is 316 g/mol. The largest absolute Gasteiger partial charge is 0.300 e. The van der Waals surface area contributed by atoms with Crippen LogP contribution in [0.2, 0.25) is 0 Å². The highest BCUT2D eigenvalue weighted by molar-refractivity contribution is 5.07. The van der Waals surface area contributed by atoms with Gasteiger partial charge < -0.3 is 4.90 Å². The Morgan fingerprint density at radius 3 is 1.87 bits per heavy atom. The van der Waals surface area contributed by atoms with Gasteiger partial charge in [0, 0.05) is 6.04 Å². The Balaban J connectivity index is 0.000000244. The molecule has 130 valence electrons. The van der Waals surface area contributed by atoms with E-state index in [9.17, 15) is 0 Å². The lowest BCUT2D eigenvalue weighted by atomic mass is 9.75. The quantitative estimate of drug-likeness (QED) is 0.605. The standard InChI is InChI=1S/C12H20N2.C6H8.C3H8/c1-12(10-13)6-4-11(5-7-12)14-8-2-3-9-14;1-2-4-6-5-3-1;1-3-2/h11H,2-9H2,1H3;1-4H,5-6H2;3H2,1-2H3. The minimum Gasteiger partial charge on any atom is -0.300 e. The summed E-state index contributed by atoms with van der Waals surface area (Å²) in [5.74, 6) is 0. The molecule has 0 unspecified atom stereocenters. The molecule has 2 heteroatoms. The van der Waals surface area contributed by atoms with Crippen LogP contribution in [0.1, 0.15) is 78.6 Å². The first kappa shape index (κ1) is 20.0. The Kier molecular flexibility index (Phi) is 9.96. The smallest absolute Gasteiger partial charge is 0.0686 e. The van der Waals surface area contributed by atoms with E-state index in [0.717, 1.165) is 18.9 Å². The van der Waals surface area contributed by atoms with Crippen LogP contribution in [0.15, 0.2) is 24.3 Å². The maximum Gasteiger partial charge on any atom is 0.0686 e. The summed E-state index contributed by atoms with van der Waals surface area (Å²) in [6.07, 6.45) is 19.7. The van der Waals surface area contributed by atoms with Crippen LogP contribution in [0.25, 0.3) is 0 Å². The number of rotatable bonds is 1. The van der Waals surface area contributed by atoms with Gasteiger partial charge in [-0.3, -0.25) is 0 Å². The molecule has 0 atom stereocenters. The van der Waals surface area contributed by atoms with Crippen LogP contribution in [0.3, 0.4) is 0 Å². The number of allylic oxidation sites excluding steroid dienone is 4. The molecule has 2 aliphatic carbocycles. The highest BCUT2D eigenvalue weighted by Crippen LogP contribution is 2.37. The summed E-state index contributed by atoms with van der Waals surface area (Å²) >= 11 is 0. The summed E-state index contributed by atoms with van der Waals surface area (Å²) in [4.78, 5) is 2.64. The van der Waals surface area contributed by atoms with E-state index in [1.807, 2.05) is 0 Å². The summed E-state index contributed by atoms with van der Waals surface area (Å²) in [6, 6.07) is 3.26. The van der Waals surface area contributed by atoms with Crippen molar-refractivity contribution in [3.05, 3.63) is 24.3 Å². The van der Waals surface area contributed by atoms with Gasteiger partial charge in [0.15, 0.2) is 0 Å².